The zero-order valence-corrected chi connectivity index (χ0v) is 18.2. The van der Waals surface area contributed by atoms with E-state index < -0.39 is 40.8 Å². The predicted octanol–water partition coefficient (Wildman–Crippen LogP) is 3.01. The third kappa shape index (κ3) is 4.88. The van der Waals surface area contributed by atoms with Gasteiger partial charge in [-0.3, -0.25) is 14.3 Å². The van der Waals surface area contributed by atoms with E-state index in [1.165, 1.54) is 32.3 Å². The molecule has 0 aliphatic heterocycles. The molecule has 0 amide bonds. The van der Waals surface area contributed by atoms with Gasteiger partial charge in [0.1, 0.15) is 6.54 Å². The largest absolute Gasteiger partial charge is 0.390 e. The fourth-order valence-electron chi connectivity index (χ4n) is 3.49. The van der Waals surface area contributed by atoms with Crippen LogP contribution in [0.25, 0.3) is 16.8 Å². The first kappa shape index (κ1) is 23.9. The van der Waals surface area contributed by atoms with E-state index in [-0.39, 0.29) is 35.3 Å². The Morgan fingerprint density at radius 2 is 1.76 bits per heavy atom. The third-order valence-electron chi connectivity index (χ3n) is 5.05. The van der Waals surface area contributed by atoms with Gasteiger partial charge in [-0.25, -0.2) is 22.5 Å². The summed E-state index contributed by atoms with van der Waals surface area (Å²) in [4.78, 5) is 30.8. The predicted molar refractivity (Wildman–Crippen MR) is 114 cm³/mol. The normalized spacial score (nSPS) is 11.5. The lowest BCUT2D eigenvalue weighted by Crippen LogP contribution is -2.42. The van der Waals surface area contributed by atoms with Crippen LogP contribution in [0, 0.1) is 35.7 Å². The Kier molecular flexibility index (Phi) is 6.56. The lowest BCUT2D eigenvalue weighted by atomic mass is 9.96. The second-order valence-corrected chi connectivity index (χ2v) is 8.28. The molecule has 0 bridgehead atoms. The zero-order valence-electron chi connectivity index (χ0n) is 18.2. The molecule has 0 saturated carbocycles. The van der Waals surface area contributed by atoms with Crippen molar-refractivity contribution in [3.63, 3.8) is 0 Å². The van der Waals surface area contributed by atoms with E-state index >= 15 is 0 Å². The molecule has 3 aromatic rings. The van der Waals surface area contributed by atoms with Gasteiger partial charge in [-0.15, -0.1) is 0 Å². The number of hydrogen-bond acceptors (Lipinski definition) is 5. The molecule has 1 aromatic carbocycles. The third-order valence-corrected chi connectivity index (χ3v) is 5.05. The van der Waals surface area contributed by atoms with Gasteiger partial charge in [0.05, 0.1) is 29.1 Å². The Morgan fingerprint density at radius 1 is 1.12 bits per heavy atom. The monoisotopic (exact) mass is 458 g/mol. The number of aliphatic hydroxyl groups is 1. The van der Waals surface area contributed by atoms with Gasteiger partial charge in [-0.2, -0.15) is 5.26 Å². The first-order valence-electron chi connectivity index (χ1n) is 9.99. The molecule has 172 valence electrons. The summed E-state index contributed by atoms with van der Waals surface area (Å²) in [5.74, 6) is -4.73. The quantitative estimate of drug-likeness (QED) is 0.573. The molecule has 1 N–H and O–H groups in total. The molecule has 2 aromatic heterocycles. The summed E-state index contributed by atoms with van der Waals surface area (Å²) in [6, 6.07) is 4.67. The molecule has 0 aliphatic carbocycles. The van der Waals surface area contributed by atoms with Crippen LogP contribution in [0.15, 0.2) is 40.2 Å². The van der Waals surface area contributed by atoms with Gasteiger partial charge in [0.2, 0.25) is 0 Å². The number of aryl methyl sites for hydroxylation is 1. The Hall–Kier alpha value is -3.71. The molecule has 0 fully saturated rings. The van der Waals surface area contributed by atoms with E-state index in [0.717, 1.165) is 9.13 Å². The summed E-state index contributed by atoms with van der Waals surface area (Å²) in [5.41, 5.74) is -2.84. The van der Waals surface area contributed by atoms with Gasteiger partial charge in [0.25, 0.3) is 5.56 Å². The van der Waals surface area contributed by atoms with Gasteiger partial charge in [0, 0.05) is 11.9 Å². The van der Waals surface area contributed by atoms with E-state index in [2.05, 4.69) is 4.98 Å². The Balaban J connectivity index is 2.47. The molecule has 0 saturated heterocycles. The standard InChI is InChI=1S/C23H21F3N4O3/c1-13-8-15(12-28-11-13)30-21(31)19(14-9-16(24)20(26)17(25)10-14)18(4-5-23(2,3)33)29(7-6-27)22(30)32/h8-12,33H,4-5,7H2,1-3H3. The molecule has 3 rings (SSSR count). The highest BCUT2D eigenvalue weighted by Crippen LogP contribution is 2.26. The molecule has 10 heteroatoms. The van der Waals surface area contributed by atoms with Gasteiger partial charge >= 0.3 is 5.69 Å². The summed E-state index contributed by atoms with van der Waals surface area (Å²) in [6.45, 7) is 4.24. The van der Waals surface area contributed by atoms with Crippen molar-refractivity contribution in [2.75, 3.05) is 0 Å². The fourth-order valence-corrected chi connectivity index (χ4v) is 3.49. The van der Waals surface area contributed by atoms with Crippen LogP contribution in [0.2, 0.25) is 0 Å². The van der Waals surface area contributed by atoms with Crippen LogP contribution in [0.1, 0.15) is 31.5 Å². The second-order valence-electron chi connectivity index (χ2n) is 8.28. The number of aromatic nitrogens is 3. The van der Waals surface area contributed by atoms with E-state index in [0.29, 0.717) is 17.7 Å². The zero-order chi connectivity index (χ0) is 24.5. The van der Waals surface area contributed by atoms with Crippen LogP contribution in [-0.2, 0) is 13.0 Å². The lowest BCUT2D eigenvalue weighted by Gasteiger charge is -2.22. The number of nitriles is 1. The minimum absolute atomic E-state index is 0.00375. The van der Waals surface area contributed by atoms with Crippen molar-refractivity contribution in [3.05, 3.63) is 80.1 Å². The van der Waals surface area contributed by atoms with Crippen molar-refractivity contribution >= 4 is 0 Å². The van der Waals surface area contributed by atoms with Crippen LogP contribution in [0.3, 0.4) is 0 Å². The minimum Gasteiger partial charge on any atom is -0.390 e. The van der Waals surface area contributed by atoms with E-state index in [1.54, 1.807) is 6.92 Å². The summed E-state index contributed by atoms with van der Waals surface area (Å²) in [7, 11) is 0. The number of nitrogens with zero attached hydrogens (tertiary/aromatic N) is 4. The number of halogens is 3. The van der Waals surface area contributed by atoms with Crippen molar-refractivity contribution in [1.82, 2.24) is 14.1 Å². The SMILES string of the molecule is Cc1cncc(-n2c(=O)c(-c3cc(F)c(F)c(F)c3)c(CCC(C)(C)O)n(CC#N)c2=O)c1. The number of pyridine rings is 1. The molecule has 0 spiro atoms. The molecule has 0 radical (unpaired) electrons. The summed E-state index contributed by atoms with van der Waals surface area (Å²) >= 11 is 0. The number of benzene rings is 1. The van der Waals surface area contributed by atoms with E-state index in [4.69, 9.17) is 0 Å². The number of rotatable bonds is 6. The van der Waals surface area contributed by atoms with E-state index in [9.17, 15) is 33.1 Å². The molecular formula is C23H21F3N4O3. The maximum atomic E-state index is 14.1. The second kappa shape index (κ2) is 9.03. The number of hydrogen-bond donors (Lipinski definition) is 1. The highest BCUT2D eigenvalue weighted by atomic mass is 19.2. The first-order valence-corrected chi connectivity index (χ1v) is 9.99. The minimum atomic E-state index is -1.70. The van der Waals surface area contributed by atoms with Crippen LogP contribution in [0.4, 0.5) is 13.2 Å². The molecule has 7 nitrogen and oxygen atoms in total. The van der Waals surface area contributed by atoms with Crippen molar-refractivity contribution in [1.29, 1.82) is 5.26 Å². The van der Waals surface area contributed by atoms with Crippen molar-refractivity contribution in [3.8, 4) is 22.9 Å². The van der Waals surface area contributed by atoms with Gasteiger partial charge < -0.3 is 5.11 Å². The molecule has 33 heavy (non-hydrogen) atoms. The van der Waals surface area contributed by atoms with Crippen LogP contribution in [-0.4, -0.2) is 24.8 Å². The van der Waals surface area contributed by atoms with Crippen molar-refractivity contribution in [2.45, 2.75) is 45.8 Å². The molecular weight excluding hydrogens is 437 g/mol. The lowest BCUT2D eigenvalue weighted by molar-refractivity contribution is 0.0708. The first-order chi connectivity index (χ1) is 15.4. The molecule has 0 aliphatic rings. The highest BCUT2D eigenvalue weighted by Gasteiger charge is 2.25. The van der Waals surface area contributed by atoms with Crippen molar-refractivity contribution < 1.29 is 18.3 Å². The van der Waals surface area contributed by atoms with E-state index in [1.807, 2.05) is 6.07 Å². The van der Waals surface area contributed by atoms with Crippen LogP contribution >= 0.6 is 0 Å². The van der Waals surface area contributed by atoms with Crippen molar-refractivity contribution in [2.24, 2.45) is 0 Å². The Morgan fingerprint density at radius 3 is 2.30 bits per heavy atom. The molecule has 0 unspecified atom stereocenters. The van der Waals surface area contributed by atoms with Crippen LogP contribution in [0.5, 0.6) is 0 Å². The summed E-state index contributed by atoms with van der Waals surface area (Å²) < 4.78 is 43.5. The maximum absolute atomic E-state index is 14.1. The Bertz CT molecular complexity index is 1360. The topological polar surface area (TPSA) is 101 Å². The maximum Gasteiger partial charge on any atom is 0.336 e. The fraction of sp³-hybridized carbons (Fsp3) is 0.304. The van der Waals surface area contributed by atoms with Gasteiger partial charge in [-0.05, 0) is 62.9 Å². The summed E-state index contributed by atoms with van der Waals surface area (Å²) in [6.07, 6.45) is 2.76. The van der Waals surface area contributed by atoms with Gasteiger partial charge in [-0.1, -0.05) is 0 Å². The molecule has 0 atom stereocenters. The average molecular weight is 458 g/mol. The Labute approximate surface area is 187 Å². The smallest absolute Gasteiger partial charge is 0.336 e. The van der Waals surface area contributed by atoms with Gasteiger partial charge in [0.15, 0.2) is 17.5 Å². The summed E-state index contributed by atoms with van der Waals surface area (Å²) in [5, 5.41) is 19.5. The molecule has 2 heterocycles. The highest BCUT2D eigenvalue weighted by molar-refractivity contribution is 5.66. The van der Waals surface area contributed by atoms with Crippen LogP contribution < -0.4 is 11.2 Å². The average Bonchev–Trinajstić information content (AvgIpc) is 2.72.